The molecule has 23 heavy (non-hydrogen) atoms. The van der Waals surface area contributed by atoms with Crippen molar-refractivity contribution in [3.63, 3.8) is 0 Å². The van der Waals surface area contributed by atoms with Gasteiger partial charge in [0.15, 0.2) is 0 Å². The molecule has 0 radical (unpaired) electrons. The maximum Gasteiger partial charge on any atom is 0.305 e. The monoisotopic (exact) mass is 338 g/mol. The van der Waals surface area contributed by atoms with E-state index in [4.69, 9.17) is 16.7 Å². The Kier molecular flexibility index (Phi) is 4.91. The maximum absolute atomic E-state index is 12.1. The average Bonchev–Trinajstić information content (AvgIpc) is 2.96. The van der Waals surface area contributed by atoms with Crippen LogP contribution in [0.1, 0.15) is 16.8 Å². The summed E-state index contributed by atoms with van der Waals surface area (Å²) in [4.78, 5) is 32.7. The van der Waals surface area contributed by atoms with Gasteiger partial charge in [0, 0.05) is 18.3 Å². The van der Waals surface area contributed by atoms with Crippen molar-refractivity contribution in [1.82, 2.24) is 9.78 Å². The van der Waals surface area contributed by atoms with Gasteiger partial charge >= 0.3 is 5.97 Å². The predicted octanol–water partition coefficient (Wildman–Crippen LogP) is 2.17. The van der Waals surface area contributed by atoms with Gasteiger partial charge in [-0.15, -0.1) is 0 Å². The first-order valence-corrected chi connectivity index (χ1v) is 6.74. The van der Waals surface area contributed by atoms with Gasteiger partial charge in [-0.1, -0.05) is 11.6 Å². The van der Waals surface area contributed by atoms with Crippen molar-refractivity contribution in [3.8, 4) is 0 Å². The number of carbonyl (C=O) groups is 2. The molecule has 0 spiro atoms. The van der Waals surface area contributed by atoms with E-state index >= 15 is 0 Å². The van der Waals surface area contributed by atoms with Crippen LogP contribution >= 0.6 is 11.6 Å². The number of nitro groups is 1. The second kappa shape index (κ2) is 6.88. The Balaban J connectivity index is 2.11. The molecule has 0 unspecified atom stereocenters. The molecule has 0 atom stereocenters. The maximum atomic E-state index is 12.1. The number of nitrogens with one attached hydrogen (secondary N) is 1. The fourth-order valence-electron chi connectivity index (χ4n) is 1.73. The number of aliphatic carboxylic acids is 1. The summed E-state index contributed by atoms with van der Waals surface area (Å²) in [5.74, 6) is -1.54. The molecule has 0 aliphatic heterocycles. The lowest BCUT2D eigenvalue weighted by Crippen LogP contribution is -2.12. The fraction of sp³-hybridized carbons (Fsp3) is 0.154. The lowest BCUT2D eigenvalue weighted by Gasteiger charge is -2.05. The highest BCUT2D eigenvalue weighted by atomic mass is 35.5. The third-order valence-corrected chi connectivity index (χ3v) is 3.19. The van der Waals surface area contributed by atoms with Crippen molar-refractivity contribution in [2.75, 3.05) is 5.32 Å². The van der Waals surface area contributed by atoms with Crippen molar-refractivity contribution in [2.24, 2.45) is 0 Å². The second-order valence-electron chi connectivity index (χ2n) is 4.51. The number of hydrogen-bond donors (Lipinski definition) is 2. The van der Waals surface area contributed by atoms with Gasteiger partial charge in [-0.2, -0.15) is 5.10 Å². The number of amides is 1. The first-order chi connectivity index (χ1) is 10.9. The molecule has 0 saturated heterocycles. The van der Waals surface area contributed by atoms with Gasteiger partial charge in [-0.05, 0) is 6.07 Å². The molecule has 0 aliphatic carbocycles. The first kappa shape index (κ1) is 16.4. The molecule has 1 aromatic heterocycles. The number of aryl methyl sites for hydroxylation is 1. The van der Waals surface area contributed by atoms with E-state index in [0.29, 0.717) is 0 Å². The molecule has 0 aliphatic rings. The van der Waals surface area contributed by atoms with Gasteiger partial charge in [0.05, 0.1) is 40.4 Å². The van der Waals surface area contributed by atoms with Crippen molar-refractivity contribution in [1.29, 1.82) is 0 Å². The molecule has 2 rings (SSSR count). The number of rotatable bonds is 6. The normalized spacial score (nSPS) is 10.3. The van der Waals surface area contributed by atoms with Crippen LogP contribution in [0.15, 0.2) is 30.6 Å². The average molecular weight is 339 g/mol. The first-order valence-electron chi connectivity index (χ1n) is 6.36. The molecule has 0 fully saturated rings. The Morgan fingerprint density at radius 2 is 2.17 bits per heavy atom. The summed E-state index contributed by atoms with van der Waals surface area (Å²) in [7, 11) is 0. The number of carboxylic acid groups (broad SMARTS) is 1. The molecular weight excluding hydrogens is 328 g/mol. The molecule has 120 valence electrons. The predicted molar refractivity (Wildman–Crippen MR) is 80.5 cm³/mol. The van der Waals surface area contributed by atoms with Gasteiger partial charge < -0.3 is 10.4 Å². The minimum absolute atomic E-state index is 0.101. The van der Waals surface area contributed by atoms with E-state index in [1.807, 2.05) is 0 Å². The Morgan fingerprint density at radius 1 is 1.43 bits per heavy atom. The number of nitrogens with zero attached hydrogens (tertiary/aromatic N) is 3. The standard InChI is InChI=1S/C13H11ClN4O5/c14-10-2-1-9(18(22)23)5-11(10)16-13(21)8-6-15-17(7-8)4-3-12(19)20/h1-2,5-7H,3-4H2,(H,16,21)(H,19,20). The minimum atomic E-state index is -0.977. The molecule has 1 heterocycles. The SMILES string of the molecule is O=C(O)CCn1cc(C(=O)Nc2cc([N+](=O)[O-])ccc2Cl)cn1. The van der Waals surface area contributed by atoms with E-state index in [9.17, 15) is 19.7 Å². The Labute approximate surface area is 134 Å². The number of aromatic nitrogens is 2. The summed E-state index contributed by atoms with van der Waals surface area (Å²) in [6.07, 6.45) is 2.52. The summed E-state index contributed by atoms with van der Waals surface area (Å²) in [5.41, 5.74) is 0.0731. The topological polar surface area (TPSA) is 127 Å². The molecule has 0 saturated carbocycles. The van der Waals surface area contributed by atoms with Crippen molar-refractivity contribution in [3.05, 3.63) is 51.3 Å². The van der Waals surface area contributed by atoms with Crippen LogP contribution in [0.2, 0.25) is 5.02 Å². The molecule has 0 bridgehead atoms. The van der Waals surface area contributed by atoms with Crippen LogP contribution in [0.5, 0.6) is 0 Å². The van der Waals surface area contributed by atoms with Crippen LogP contribution < -0.4 is 5.32 Å². The van der Waals surface area contributed by atoms with Crippen LogP contribution in [-0.2, 0) is 11.3 Å². The van der Waals surface area contributed by atoms with E-state index < -0.39 is 16.8 Å². The zero-order chi connectivity index (χ0) is 17.0. The lowest BCUT2D eigenvalue weighted by molar-refractivity contribution is -0.384. The molecular formula is C13H11ClN4O5. The van der Waals surface area contributed by atoms with Gasteiger partial charge in [-0.3, -0.25) is 24.4 Å². The Hall–Kier alpha value is -2.94. The Bertz CT molecular complexity index is 773. The van der Waals surface area contributed by atoms with Gasteiger partial charge in [0.1, 0.15) is 0 Å². The number of anilines is 1. The fourth-order valence-corrected chi connectivity index (χ4v) is 1.90. The van der Waals surface area contributed by atoms with Crippen LogP contribution in [0.25, 0.3) is 0 Å². The molecule has 9 nitrogen and oxygen atoms in total. The van der Waals surface area contributed by atoms with Gasteiger partial charge in [0.25, 0.3) is 11.6 Å². The summed E-state index contributed by atoms with van der Waals surface area (Å²) in [6.45, 7) is 0.125. The van der Waals surface area contributed by atoms with E-state index in [-0.39, 0.29) is 34.9 Å². The highest BCUT2D eigenvalue weighted by molar-refractivity contribution is 6.34. The molecule has 2 aromatic rings. The van der Waals surface area contributed by atoms with E-state index in [1.165, 1.54) is 29.2 Å². The zero-order valence-corrected chi connectivity index (χ0v) is 12.4. The molecule has 2 N–H and O–H groups in total. The smallest absolute Gasteiger partial charge is 0.305 e. The third-order valence-electron chi connectivity index (χ3n) is 2.86. The number of hydrogen-bond acceptors (Lipinski definition) is 5. The molecule has 1 aromatic carbocycles. The summed E-state index contributed by atoms with van der Waals surface area (Å²) < 4.78 is 1.32. The van der Waals surface area contributed by atoms with Crippen LogP contribution in [0.4, 0.5) is 11.4 Å². The summed E-state index contributed by atoms with van der Waals surface area (Å²) in [5, 5.41) is 25.8. The highest BCUT2D eigenvalue weighted by Crippen LogP contribution is 2.27. The number of carbonyl (C=O) groups excluding carboxylic acids is 1. The number of nitro benzene ring substituents is 1. The highest BCUT2D eigenvalue weighted by Gasteiger charge is 2.14. The largest absolute Gasteiger partial charge is 0.481 e. The molecule has 10 heteroatoms. The number of carboxylic acids is 1. The van der Waals surface area contributed by atoms with Crippen molar-refractivity contribution in [2.45, 2.75) is 13.0 Å². The van der Waals surface area contributed by atoms with Gasteiger partial charge in [0.2, 0.25) is 0 Å². The second-order valence-corrected chi connectivity index (χ2v) is 4.92. The van der Waals surface area contributed by atoms with E-state index in [1.54, 1.807) is 0 Å². The van der Waals surface area contributed by atoms with Crippen molar-refractivity contribution >= 4 is 34.9 Å². The summed E-state index contributed by atoms with van der Waals surface area (Å²) in [6, 6.07) is 3.68. The lowest BCUT2D eigenvalue weighted by atomic mass is 10.2. The Morgan fingerprint density at radius 3 is 2.83 bits per heavy atom. The van der Waals surface area contributed by atoms with Crippen LogP contribution in [0.3, 0.4) is 0 Å². The zero-order valence-electron chi connectivity index (χ0n) is 11.6. The minimum Gasteiger partial charge on any atom is -0.481 e. The third kappa shape index (κ3) is 4.27. The van der Waals surface area contributed by atoms with Gasteiger partial charge in [-0.25, -0.2) is 0 Å². The number of halogens is 1. The molecule has 1 amide bonds. The summed E-state index contributed by atoms with van der Waals surface area (Å²) >= 11 is 5.90. The van der Waals surface area contributed by atoms with Crippen molar-refractivity contribution < 1.29 is 19.6 Å². The van der Waals surface area contributed by atoms with E-state index in [0.717, 1.165) is 6.07 Å². The van der Waals surface area contributed by atoms with Crippen LogP contribution in [-0.4, -0.2) is 31.7 Å². The van der Waals surface area contributed by atoms with E-state index in [2.05, 4.69) is 10.4 Å². The number of non-ortho nitro benzene ring substituents is 1. The number of benzene rings is 1. The van der Waals surface area contributed by atoms with Crippen LogP contribution in [0, 0.1) is 10.1 Å². The quantitative estimate of drug-likeness (QED) is 0.613.